The molecule has 1 fully saturated rings. The molecule has 0 radical (unpaired) electrons. The normalized spacial score (nSPS) is 21.3. The fourth-order valence-corrected chi connectivity index (χ4v) is 3.92. The predicted molar refractivity (Wildman–Crippen MR) is 104 cm³/mol. The zero-order valence-electron chi connectivity index (χ0n) is 17.2. The SMILES string of the molecule is C[C@@H]1COCCN1c1nc2n(c(=O)c1F)C(C(F)(F)F)CCN2c1ccc(OC(F)F)nc1. The molecule has 2 aliphatic rings. The maximum atomic E-state index is 15.0. The van der Waals surface area contributed by atoms with Crippen LogP contribution in [0, 0.1) is 5.82 Å². The Morgan fingerprint density at radius 2 is 2.00 bits per heavy atom. The summed E-state index contributed by atoms with van der Waals surface area (Å²) in [5.41, 5.74) is -1.28. The van der Waals surface area contributed by atoms with Crippen LogP contribution in [0.15, 0.2) is 23.1 Å². The van der Waals surface area contributed by atoms with Gasteiger partial charge in [0, 0.05) is 19.2 Å². The number of pyridine rings is 1. The number of anilines is 3. The molecule has 2 aliphatic heterocycles. The van der Waals surface area contributed by atoms with Crippen molar-refractivity contribution in [3.8, 4) is 5.88 Å². The topological polar surface area (TPSA) is 72.7 Å². The molecule has 0 amide bonds. The van der Waals surface area contributed by atoms with Gasteiger partial charge in [-0.1, -0.05) is 0 Å². The van der Waals surface area contributed by atoms with Crippen molar-refractivity contribution < 1.29 is 35.8 Å². The third-order valence-electron chi connectivity index (χ3n) is 5.46. The van der Waals surface area contributed by atoms with Crippen LogP contribution in [0.4, 0.5) is 43.8 Å². The van der Waals surface area contributed by atoms with Gasteiger partial charge in [0.25, 0.3) is 5.56 Å². The molecule has 2 atom stereocenters. The first kappa shape index (κ1) is 23.1. The third-order valence-corrected chi connectivity index (χ3v) is 5.46. The number of nitrogens with zero attached hydrogens (tertiary/aromatic N) is 5. The van der Waals surface area contributed by atoms with Crippen molar-refractivity contribution in [1.29, 1.82) is 0 Å². The number of morpholine rings is 1. The van der Waals surface area contributed by atoms with Crippen molar-refractivity contribution in [2.75, 3.05) is 36.1 Å². The number of halogens is 6. The van der Waals surface area contributed by atoms with E-state index in [1.165, 1.54) is 15.9 Å². The van der Waals surface area contributed by atoms with Crippen LogP contribution in [-0.2, 0) is 4.74 Å². The molecule has 180 valence electrons. The molecule has 33 heavy (non-hydrogen) atoms. The van der Waals surface area contributed by atoms with Crippen molar-refractivity contribution >= 4 is 17.5 Å². The van der Waals surface area contributed by atoms with Gasteiger partial charge in [-0.25, -0.2) is 4.98 Å². The average Bonchev–Trinajstić information content (AvgIpc) is 2.75. The van der Waals surface area contributed by atoms with Crippen LogP contribution in [-0.4, -0.2) is 59.7 Å². The van der Waals surface area contributed by atoms with Gasteiger partial charge in [0.1, 0.15) is 6.04 Å². The van der Waals surface area contributed by atoms with Crippen LogP contribution in [0.2, 0.25) is 0 Å². The van der Waals surface area contributed by atoms with Crippen molar-refractivity contribution in [1.82, 2.24) is 14.5 Å². The minimum absolute atomic E-state index is 0.172. The molecule has 4 heterocycles. The molecule has 8 nitrogen and oxygen atoms in total. The highest BCUT2D eigenvalue weighted by Crippen LogP contribution is 2.41. The van der Waals surface area contributed by atoms with E-state index in [0.717, 1.165) is 12.3 Å². The van der Waals surface area contributed by atoms with Crippen LogP contribution < -0.4 is 20.1 Å². The van der Waals surface area contributed by atoms with E-state index in [9.17, 15) is 26.7 Å². The fraction of sp³-hybridized carbons (Fsp3) is 0.526. The highest BCUT2D eigenvalue weighted by Gasteiger charge is 2.47. The van der Waals surface area contributed by atoms with E-state index in [2.05, 4.69) is 14.7 Å². The van der Waals surface area contributed by atoms with Crippen LogP contribution in [0.5, 0.6) is 5.88 Å². The Morgan fingerprint density at radius 1 is 1.24 bits per heavy atom. The number of ether oxygens (including phenoxy) is 2. The smallest absolute Gasteiger partial charge is 0.409 e. The molecular formula is C19H19F6N5O3. The van der Waals surface area contributed by atoms with Crippen molar-refractivity contribution in [3.05, 3.63) is 34.5 Å². The van der Waals surface area contributed by atoms with E-state index >= 15 is 4.39 Å². The number of hydrogen-bond acceptors (Lipinski definition) is 7. The van der Waals surface area contributed by atoms with Gasteiger partial charge in [-0.15, -0.1) is 0 Å². The maximum absolute atomic E-state index is 15.0. The fourth-order valence-electron chi connectivity index (χ4n) is 3.92. The summed E-state index contributed by atoms with van der Waals surface area (Å²) in [6.07, 6.45) is -4.28. The summed E-state index contributed by atoms with van der Waals surface area (Å²) >= 11 is 0. The molecule has 4 rings (SSSR count). The second-order valence-electron chi connectivity index (χ2n) is 7.57. The average molecular weight is 479 g/mol. The van der Waals surface area contributed by atoms with Crippen LogP contribution in [0.25, 0.3) is 0 Å². The number of fused-ring (bicyclic) bond motifs is 1. The molecule has 0 aliphatic carbocycles. The zero-order chi connectivity index (χ0) is 23.9. The molecular weight excluding hydrogens is 460 g/mol. The van der Waals surface area contributed by atoms with Gasteiger partial charge in [0.05, 0.1) is 31.1 Å². The standard InChI is InChI=1S/C19H19F6N5O3/c1-10-9-32-7-6-28(10)15-14(20)16(31)30-12(19(23,24)25)4-5-29(18(30)27-15)11-2-3-13(26-8-11)33-17(21)22/h2-3,8,10,12,17H,4-7,9H2,1H3/t10-,12?/m1/s1. The summed E-state index contributed by atoms with van der Waals surface area (Å²) in [6.45, 7) is -0.972. The lowest BCUT2D eigenvalue weighted by molar-refractivity contribution is -0.170. The minimum Gasteiger partial charge on any atom is -0.417 e. The van der Waals surface area contributed by atoms with Gasteiger partial charge in [0.15, 0.2) is 5.82 Å². The zero-order valence-corrected chi connectivity index (χ0v) is 17.2. The minimum atomic E-state index is -4.82. The Bertz CT molecular complexity index is 1060. The van der Waals surface area contributed by atoms with Gasteiger partial charge in [-0.05, 0) is 19.4 Å². The van der Waals surface area contributed by atoms with E-state index in [-0.39, 0.29) is 48.4 Å². The van der Waals surface area contributed by atoms with Crippen LogP contribution in [0.3, 0.4) is 0 Å². The summed E-state index contributed by atoms with van der Waals surface area (Å²) in [7, 11) is 0. The number of hydrogen-bond donors (Lipinski definition) is 0. The first-order chi connectivity index (χ1) is 15.6. The lowest BCUT2D eigenvalue weighted by Gasteiger charge is -2.39. The molecule has 1 unspecified atom stereocenters. The summed E-state index contributed by atoms with van der Waals surface area (Å²) in [5, 5.41) is 0. The summed E-state index contributed by atoms with van der Waals surface area (Å²) < 4.78 is 90.7. The van der Waals surface area contributed by atoms with E-state index in [4.69, 9.17) is 4.74 Å². The Morgan fingerprint density at radius 3 is 2.61 bits per heavy atom. The molecule has 0 bridgehead atoms. The number of alkyl halides is 5. The molecule has 0 saturated carbocycles. The molecule has 0 aromatic carbocycles. The van der Waals surface area contributed by atoms with Gasteiger partial charge in [-0.3, -0.25) is 9.36 Å². The Labute approximate surface area is 183 Å². The van der Waals surface area contributed by atoms with E-state index < -0.39 is 48.5 Å². The molecule has 1 saturated heterocycles. The van der Waals surface area contributed by atoms with Gasteiger partial charge >= 0.3 is 12.8 Å². The third kappa shape index (κ3) is 4.43. The lowest BCUT2D eigenvalue weighted by atomic mass is 10.1. The highest BCUT2D eigenvalue weighted by atomic mass is 19.4. The number of aromatic nitrogens is 3. The number of rotatable bonds is 4. The largest absolute Gasteiger partial charge is 0.417 e. The second kappa shape index (κ2) is 8.72. The Hall–Kier alpha value is -3.03. The summed E-state index contributed by atoms with van der Waals surface area (Å²) in [4.78, 5) is 23.4. The van der Waals surface area contributed by atoms with E-state index in [0.29, 0.717) is 0 Å². The highest BCUT2D eigenvalue weighted by molar-refractivity contribution is 5.60. The summed E-state index contributed by atoms with van der Waals surface area (Å²) in [6, 6.07) is -0.251. The second-order valence-corrected chi connectivity index (χ2v) is 7.57. The van der Waals surface area contributed by atoms with E-state index in [1.54, 1.807) is 6.92 Å². The monoisotopic (exact) mass is 479 g/mol. The van der Waals surface area contributed by atoms with Crippen molar-refractivity contribution in [2.24, 2.45) is 0 Å². The van der Waals surface area contributed by atoms with E-state index in [1.807, 2.05) is 0 Å². The van der Waals surface area contributed by atoms with Crippen LogP contribution in [0.1, 0.15) is 19.4 Å². The predicted octanol–water partition coefficient (Wildman–Crippen LogP) is 3.25. The maximum Gasteiger partial charge on any atom is 0.409 e. The molecule has 0 spiro atoms. The van der Waals surface area contributed by atoms with Crippen molar-refractivity contribution in [2.45, 2.75) is 38.2 Å². The first-order valence-electron chi connectivity index (χ1n) is 9.99. The Balaban J connectivity index is 1.83. The van der Waals surface area contributed by atoms with Gasteiger partial charge < -0.3 is 19.3 Å². The molecule has 0 N–H and O–H groups in total. The quantitative estimate of drug-likeness (QED) is 0.624. The molecule has 14 heteroatoms. The molecule has 2 aromatic heterocycles. The summed E-state index contributed by atoms with van der Waals surface area (Å²) in [5.74, 6) is -2.58. The lowest BCUT2D eigenvalue weighted by Crippen LogP contribution is -2.49. The Kier molecular flexibility index (Phi) is 6.12. The first-order valence-corrected chi connectivity index (χ1v) is 9.99. The van der Waals surface area contributed by atoms with Gasteiger partial charge in [0.2, 0.25) is 17.6 Å². The van der Waals surface area contributed by atoms with Gasteiger partial charge in [-0.2, -0.15) is 31.3 Å². The van der Waals surface area contributed by atoms with Crippen LogP contribution >= 0.6 is 0 Å². The molecule has 2 aromatic rings. The van der Waals surface area contributed by atoms with Crippen molar-refractivity contribution in [3.63, 3.8) is 0 Å².